The number of carbonyl (C=O) groups excluding carboxylic acids is 2. The Balaban J connectivity index is 1.97. The number of hydrogen-bond acceptors (Lipinski definition) is 3. The molecule has 1 heterocycles. The Hall–Kier alpha value is -1.95. The van der Waals surface area contributed by atoms with E-state index < -0.39 is 0 Å². The molecule has 0 bridgehead atoms. The van der Waals surface area contributed by atoms with Gasteiger partial charge < -0.3 is 14.7 Å². The number of hydrogen-bond donors (Lipinski definition) is 0. The van der Waals surface area contributed by atoms with Gasteiger partial charge in [-0.15, -0.1) is 0 Å². The van der Waals surface area contributed by atoms with Gasteiger partial charge in [-0.3, -0.25) is 9.59 Å². The number of carbonyl (C=O) groups is 2. The predicted octanol–water partition coefficient (Wildman–Crippen LogP) is 2.19. The van der Waals surface area contributed by atoms with E-state index in [4.69, 9.17) is 0 Å². The molecule has 1 aliphatic heterocycles. The van der Waals surface area contributed by atoms with Crippen LogP contribution in [0.1, 0.15) is 31.7 Å². The molecule has 1 aromatic carbocycles. The van der Waals surface area contributed by atoms with E-state index in [1.165, 1.54) is 12.1 Å². The Labute approximate surface area is 155 Å². The highest BCUT2D eigenvalue weighted by Gasteiger charge is 2.31. The Morgan fingerprint density at radius 3 is 2.08 bits per heavy atom. The monoisotopic (exact) mass is 363 g/mol. The van der Waals surface area contributed by atoms with Gasteiger partial charge in [0, 0.05) is 39.1 Å². The van der Waals surface area contributed by atoms with E-state index >= 15 is 0 Å². The molecule has 0 aromatic heterocycles. The number of halogens is 1. The van der Waals surface area contributed by atoms with E-state index in [1.807, 2.05) is 42.6 Å². The lowest BCUT2D eigenvalue weighted by atomic mass is 9.87. The first kappa shape index (κ1) is 20.4. The molecule has 0 saturated carbocycles. The highest BCUT2D eigenvalue weighted by molar-refractivity contribution is 5.84. The van der Waals surface area contributed by atoms with Gasteiger partial charge in [0.2, 0.25) is 11.8 Å². The van der Waals surface area contributed by atoms with Crippen molar-refractivity contribution in [2.45, 2.75) is 26.2 Å². The quantitative estimate of drug-likeness (QED) is 0.778. The van der Waals surface area contributed by atoms with Crippen molar-refractivity contribution in [3.05, 3.63) is 35.6 Å². The number of benzene rings is 1. The molecule has 0 spiro atoms. The molecule has 1 aromatic rings. The average Bonchev–Trinajstić information content (AvgIpc) is 2.61. The number of rotatable bonds is 6. The summed E-state index contributed by atoms with van der Waals surface area (Å²) in [5, 5.41) is 0. The molecule has 0 N–H and O–H groups in total. The van der Waals surface area contributed by atoms with Crippen molar-refractivity contribution in [2.24, 2.45) is 5.92 Å². The molecule has 0 radical (unpaired) electrons. The van der Waals surface area contributed by atoms with Crippen LogP contribution in [0, 0.1) is 11.7 Å². The Kier molecular flexibility index (Phi) is 7.14. The standard InChI is InChI=1S/C20H30FN3O2/c1-15(2)19(16-5-7-17(21)8-6-16)20(26)24-13-11-23(12-14-24)18(25)9-10-22(3)4/h5-8,15,19H,9-14H2,1-4H3. The predicted molar refractivity (Wildman–Crippen MR) is 100 cm³/mol. The Morgan fingerprint density at radius 1 is 1.04 bits per heavy atom. The first-order valence-corrected chi connectivity index (χ1v) is 9.26. The summed E-state index contributed by atoms with van der Waals surface area (Å²) >= 11 is 0. The summed E-state index contributed by atoms with van der Waals surface area (Å²) in [6, 6.07) is 6.19. The maximum Gasteiger partial charge on any atom is 0.230 e. The van der Waals surface area contributed by atoms with Crippen LogP contribution in [-0.4, -0.2) is 73.3 Å². The van der Waals surface area contributed by atoms with E-state index in [-0.39, 0.29) is 29.5 Å². The van der Waals surface area contributed by atoms with E-state index in [1.54, 1.807) is 12.1 Å². The van der Waals surface area contributed by atoms with Crippen molar-refractivity contribution in [1.29, 1.82) is 0 Å². The van der Waals surface area contributed by atoms with Crippen LogP contribution in [0.4, 0.5) is 4.39 Å². The minimum absolute atomic E-state index is 0.0620. The summed E-state index contributed by atoms with van der Waals surface area (Å²) in [4.78, 5) is 30.9. The van der Waals surface area contributed by atoms with Gasteiger partial charge in [-0.05, 0) is 37.7 Å². The highest BCUT2D eigenvalue weighted by atomic mass is 19.1. The Bertz CT molecular complexity index is 608. The van der Waals surface area contributed by atoms with E-state index in [0.717, 1.165) is 12.1 Å². The smallest absolute Gasteiger partial charge is 0.230 e. The molecule has 6 heteroatoms. The first-order chi connectivity index (χ1) is 12.3. The molecule has 1 aliphatic rings. The largest absolute Gasteiger partial charge is 0.339 e. The van der Waals surface area contributed by atoms with Crippen LogP contribution < -0.4 is 0 Å². The summed E-state index contributed by atoms with van der Waals surface area (Å²) in [5.74, 6) is -0.260. The fourth-order valence-electron chi connectivity index (χ4n) is 3.33. The lowest BCUT2D eigenvalue weighted by Crippen LogP contribution is -2.52. The van der Waals surface area contributed by atoms with E-state index in [2.05, 4.69) is 0 Å². The zero-order valence-corrected chi connectivity index (χ0v) is 16.2. The molecule has 144 valence electrons. The zero-order valence-electron chi connectivity index (χ0n) is 16.2. The van der Waals surface area contributed by atoms with Gasteiger partial charge >= 0.3 is 0 Å². The van der Waals surface area contributed by atoms with E-state index in [0.29, 0.717) is 32.6 Å². The molecule has 2 rings (SSSR count). The topological polar surface area (TPSA) is 43.9 Å². The van der Waals surface area contributed by atoms with Crippen molar-refractivity contribution in [2.75, 3.05) is 46.8 Å². The maximum absolute atomic E-state index is 13.2. The van der Waals surface area contributed by atoms with Gasteiger partial charge in [-0.2, -0.15) is 0 Å². The minimum atomic E-state index is -0.298. The SMILES string of the molecule is CC(C)C(C(=O)N1CCN(C(=O)CCN(C)C)CC1)c1ccc(F)cc1. The average molecular weight is 363 g/mol. The van der Waals surface area contributed by atoms with Crippen molar-refractivity contribution in [3.8, 4) is 0 Å². The van der Waals surface area contributed by atoms with Gasteiger partial charge in [0.15, 0.2) is 0 Å². The number of piperazine rings is 1. The van der Waals surface area contributed by atoms with Crippen LogP contribution in [0.15, 0.2) is 24.3 Å². The van der Waals surface area contributed by atoms with E-state index in [9.17, 15) is 14.0 Å². The van der Waals surface area contributed by atoms with Gasteiger partial charge in [0.1, 0.15) is 5.82 Å². The van der Waals surface area contributed by atoms with Crippen molar-refractivity contribution in [1.82, 2.24) is 14.7 Å². The zero-order chi connectivity index (χ0) is 19.3. The normalized spacial score (nSPS) is 16.3. The van der Waals surface area contributed by atoms with Gasteiger partial charge in [0.05, 0.1) is 5.92 Å². The molecule has 26 heavy (non-hydrogen) atoms. The van der Waals surface area contributed by atoms with Crippen LogP contribution in [0.2, 0.25) is 0 Å². The highest BCUT2D eigenvalue weighted by Crippen LogP contribution is 2.27. The minimum Gasteiger partial charge on any atom is -0.339 e. The second-order valence-electron chi connectivity index (χ2n) is 7.53. The summed E-state index contributed by atoms with van der Waals surface area (Å²) in [5.41, 5.74) is 0.843. The fraction of sp³-hybridized carbons (Fsp3) is 0.600. The molecule has 1 saturated heterocycles. The summed E-state index contributed by atoms with van der Waals surface area (Å²) in [6.07, 6.45) is 0.505. The first-order valence-electron chi connectivity index (χ1n) is 9.26. The fourth-order valence-corrected chi connectivity index (χ4v) is 3.33. The van der Waals surface area contributed by atoms with Crippen LogP contribution in [0.3, 0.4) is 0 Å². The van der Waals surface area contributed by atoms with Gasteiger partial charge in [-0.25, -0.2) is 4.39 Å². The lowest BCUT2D eigenvalue weighted by Gasteiger charge is -2.37. The van der Waals surface area contributed by atoms with Crippen molar-refractivity contribution < 1.29 is 14.0 Å². The van der Waals surface area contributed by atoms with Crippen molar-refractivity contribution >= 4 is 11.8 Å². The molecule has 5 nitrogen and oxygen atoms in total. The molecule has 0 aliphatic carbocycles. The summed E-state index contributed by atoms with van der Waals surface area (Å²) in [7, 11) is 3.90. The lowest BCUT2D eigenvalue weighted by molar-refractivity contribution is -0.141. The van der Waals surface area contributed by atoms with Gasteiger partial charge in [-0.1, -0.05) is 26.0 Å². The number of nitrogens with zero attached hydrogens (tertiary/aromatic N) is 3. The number of amides is 2. The van der Waals surface area contributed by atoms with Crippen LogP contribution in [0.5, 0.6) is 0 Å². The second kappa shape index (κ2) is 9.12. The summed E-state index contributed by atoms with van der Waals surface area (Å²) in [6.45, 7) is 7.00. The molecule has 1 atom stereocenters. The molecule has 1 fully saturated rings. The van der Waals surface area contributed by atoms with Crippen LogP contribution in [-0.2, 0) is 9.59 Å². The molecule has 1 unspecified atom stereocenters. The van der Waals surface area contributed by atoms with Gasteiger partial charge in [0.25, 0.3) is 0 Å². The Morgan fingerprint density at radius 2 is 1.58 bits per heavy atom. The molecule has 2 amide bonds. The van der Waals surface area contributed by atoms with Crippen LogP contribution >= 0.6 is 0 Å². The summed E-state index contributed by atoms with van der Waals surface area (Å²) < 4.78 is 13.2. The second-order valence-corrected chi connectivity index (χ2v) is 7.53. The third-order valence-electron chi connectivity index (χ3n) is 4.88. The third-order valence-corrected chi connectivity index (χ3v) is 4.88. The maximum atomic E-state index is 13.2. The molecular weight excluding hydrogens is 333 g/mol. The third kappa shape index (κ3) is 5.27. The van der Waals surface area contributed by atoms with Crippen molar-refractivity contribution in [3.63, 3.8) is 0 Å². The molecular formula is C20H30FN3O2. The van der Waals surface area contributed by atoms with Crippen LogP contribution in [0.25, 0.3) is 0 Å².